The summed E-state index contributed by atoms with van der Waals surface area (Å²) >= 11 is 3.41. The van der Waals surface area contributed by atoms with E-state index in [-0.39, 0.29) is 11.9 Å². The summed E-state index contributed by atoms with van der Waals surface area (Å²) in [6, 6.07) is 12.0. The number of carbonyl (C=O) groups excluding carboxylic acids is 1. The highest BCUT2D eigenvalue weighted by Gasteiger charge is 2.24. The van der Waals surface area contributed by atoms with Crippen molar-refractivity contribution in [3.05, 3.63) is 58.8 Å². The van der Waals surface area contributed by atoms with Crippen LogP contribution < -0.4 is 10.6 Å². The SMILES string of the molecule is O=C(CCN1CCNCC1c1cccnc1)Nc1cccc(Br)c1. The number of hydrogen-bond acceptors (Lipinski definition) is 4. The van der Waals surface area contributed by atoms with E-state index in [0.29, 0.717) is 6.42 Å². The zero-order chi connectivity index (χ0) is 16.8. The molecule has 5 nitrogen and oxygen atoms in total. The Hall–Kier alpha value is -1.76. The highest BCUT2D eigenvalue weighted by atomic mass is 79.9. The number of anilines is 1. The Morgan fingerprint density at radius 2 is 2.29 bits per heavy atom. The molecule has 1 aliphatic rings. The van der Waals surface area contributed by atoms with E-state index in [0.717, 1.165) is 36.3 Å². The van der Waals surface area contributed by atoms with E-state index in [9.17, 15) is 4.79 Å². The summed E-state index contributed by atoms with van der Waals surface area (Å²) < 4.78 is 0.957. The Morgan fingerprint density at radius 3 is 3.08 bits per heavy atom. The summed E-state index contributed by atoms with van der Waals surface area (Å²) in [5.41, 5.74) is 2.01. The first-order chi connectivity index (χ1) is 11.7. The van der Waals surface area contributed by atoms with Gasteiger partial charge in [0.25, 0.3) is 0 Å². The summed E-state index contributed by atoms with van der Waals surface area (Å²) in [5.74, 6) is 0.0385. The number of benzene rings is 1. The fourth-order valence-electron chi connectivity index (χ4n) is 2.95. The van der Waals surface area contributed by atoms with Gasteiger partial charge in [0.15, 0.2) is 0 Å². The van der Waals surface area contributed by atoms with Crippen molar-refractivity contribution < 1.29 is 4.79 Å². The number of hydrogen-bond donors (Lipinski definition) is 2. The normalized spacial score (nSPS) is 18.3. The number of nitrogens with zero attached hydrogens (tertiary/aromatic N) is 2. The van der Waals surface area contributed by atoms with Crippen LogP contribution in [0.4, 0.5) is 5.69 Å². The average molecular weight is 389 g/mol. The monoisotopic (exact) mass is 388 g/mol. The first kappa shape index (κ1) is 17.1. The highest BCUT2D eigenvalue weighted by Crippen LogP contribution is 2.21. The van der Waals surface area contributed by atoms with Crippen LogP contribution in [0, 0.1) is 0 Å². The molecule has 1 unspecified atom stereocenters. The van der Waals surface area contributed by atoms with Gasteiger partial charge in [-0.3, -0.25) is 14.7 Å². The fourth-order valence-corrected chi connectivity index (χ4v) is 3.35. The molecule has 0 bridgehead atoms. The third kappa shape index (κ3) is 4.63. The van der Waals surface area contributed by atoms with Crippen molar-refractivity contribution in [1.29, 1.82) is 0 Å². The van der Waals surface area contributed by atoms with Gasteiger partial charge in [-0.15, -0.1) is 0 Å². The molecule has 1 aromatic carbocycles. The second kappa shape index (κ2) is 8.37. The summed E-state index contributed by atoms with van der Waals surface area (Å²) in [6.45, 7) is 3.51. The Kier molecular flexibility index (Phi) is 5.96. The zero-order valence-electron chi connectivity index (χ0n) is 13.4. The molecular formula is C18H21BrN4O. The molecule has 3 rings (SSSR count). The maximum atomic E-state index is 12.2. The van der Waals surface area contributed by atoms with Crippen LogP contribution in [0.1, 0.15) is 18.0 Å². The molecule has 24 heavy (non-hydrogen) atoms. The number of piperazine rings is 1. The molecule has 0 aliphatic carbocycles. The summed E-state index contributed by atoms with van der Waals surface area (Å²) in [4.78, 5) is 18.8. The number of amides is 1. The molecular weight excluding hydrogens is 368 g/mol. The molecule has 1 atom stereocenters. The van der Waals surface area contributed by atoms with Gasteiger partial charge < -0.3 is 10.6 Å². The first-order valence-electron chi connectivity index (χ1n) is 8.12. The maximum Gasteiger partial charge on any atom is 0.225 e. The van der Waals surface area contributed by atoms with Gasteiger partial charge in [0, 0.05) is 61.2 Å². The number of aromatic nitrogens is 1. The van der Waals surface area contributed by atoms with E-state index in [1.165, 1.54) is 5.56 Å². The van der Waals surface area contributed by atoms with Gasteiger partial charge >= 0.3 is 0 Å². The lowest BCUT2D eigenvalue weighted by Crippen LogP contribution is -2.46. The van der Waals surface area contributed by atoms with Crippen molar-refractivity contribution in [3.63, 3.8) is 0 Å². The molecule has 2 aromatic rings. The van der Waals surface area contributed by atoms with Crippen molar-refractivity contribution >= 4 is 27.5 Å². The predicted octanol–water partition coefficient (Wildman–Crippen LogP) is 2.82. The molecule has 1 aliphatic heterocycles. The molecule has 2 N–H and O–H groups in total. The quantitative estimate of drug-likeness (QED) is 0.826. The van der Waals surface area contributed by atoms with Crippen molar-refractivity contribution in [2.24, 2.45) is 0 Å². The van der Waals surface area contributed by atoms with Gasteiger partial charge in [0.2, 0.25) is 5.91 Å². The van der Waals surface area contributed by atoms with Crippen LogP contribution in [0.15, 0.2) is 53.3 Å². The molecule has 0 saturated carbocycles. The van der Waals surface area contributed by atoms with Crippen molar-refractivity contribution in [1.82, 2.24) is 15.2 Å². The van der Waals surface area contributed by atoms with Crippen LogP contribution in [-0.4, -0.2) is 42.0 Å². The third-order valence-electron chi connectivity index (χ3n) is 4.16. The number of halogens is 1. The van der Waals surface area contributed by atoms with E-state index in [2.05, 4.69) is 42.5 Å². The Morgan fingerprint density at radius 1 is 1.38 bits per heavy atom. The minimum atomic E-state index is 0.0385. The smallest absolute Gasteiger partial charge is 0.225 e. The molecule has 0 spiro atoms. The van der Waals surface area contributed by atoms with Crippen molar-refractivity contribution in [2.75, 3.05) is 31.5 Å². The maximum absolute atomic E-state index is 12.2. The Bertz CT molecular complexity index is 680. The summed E-state index contributed by atoms with van der Waals surface area (Å²) in [6.07, 6.45) is 4.17. The van der Waals surface area contributed by atoms with E-state index < -0.39 is 0 Å². The molecule has 0 radical (unpaired) electrons. The minimum absolute atomic E-state index is 0.0385. The van der Waals surface area contributed by atoms with Gasteiger partial charge in [-0.05, 0) is 29.8 Å². The number of pyridine rings is 1. The predicted molar refractivity (Wildman–Crippen MR) is 98.8 cm³/mol. The van der Waals surface area contributed by atoms with E-state index in [1.807, 2.05) is 36.5 Å². The first-order valence-corrected chi connectivity index (χ1v) is 8.92. The van der Waals surface area contributed by atoms with Gasteiger partial charge in [-0.2, -0.15) is 0 Å². The average Bonchev–Trinajstić information content (AvgIpc) is 2.61. The number of carbonyl (C=O) groups is 1. The number of nitrogens with one attached hydrogen (secondary N) is 2. The number of rotatable bonds is 5. The molecule has 2 heterocycles. The topological polar surface area (TPSA) is 57.3 Å². The van der Waals surface area contributed by atoms with Crippen LogP contribution in [0.25, 0.3) is 0 Å². The van der Waals surface area contributed by atoms with Crippen LogP contribution in [0.2, 0.25) is 0 Å². The largest absolute Gasteiger partial charge is 0.326 e. The molecule has 1 saturated heterocycles. The van der Waals surface area contributed by atoms with Crippen molar-refractivity contribution in [2.45, 2.75) is 12.5 Å². The lowest BCUT2D eigenvalue weighted by molar-refractivity contribution is -0.116. The van der Waals surface area contributed by atoms with Gasteiger partial charge in [-0.25, -0.2) is 0 Å². The van der Waals surface area contributed by atoms with E-state index in [1.54, 1.807) is 6.20 Å². The van der Waals surface area contributed by atoms with Crippen molar-refractivity contribution in [3.8, 4) is 0 Å². The van der Waals surface area contributed by atoms with Crippen LogP contribution in [0.3, 0.4) is 0 Å². The molecule has 6 heteroatoms. The Balaban J connectivity index is 1.57. The molecule has 1 fully saturated rings. The Labute approximate surface area is 150 Å². The van der Waals surface area contributed by atoms with E-state index >= 15 is 0 Å². The second-order valence-electron chi connectivity index (χ2n) is 5.85. The van der Waals surface area contributed by atoms with Gasteiger partial charge in [0.05, 0.1) is 0 Å². The molecule has 1 aromatic heterocycles. The molecule has 1 amide bonds. The molecule has 126 valence electrons. The summed E-state index contributed by atoms with van der Waals surface area (Å²) in [5, 5.41) is 6.38. The van der Waals surface area contributed by atoms with Crippen LogP contribution in [-0.2, 0) is 4.79 Å². The van der Waals surface area contributed by atoms with E-state index in [4.69, 9.17) is 0 Å². The summed E-state index contributed by atoms with van der Waals surface area (Å²) in [7, 11) is 0. The highest BCUT2D eigenvalue weighted by molar-refractivity contribution is 9.10. The zero-order valence-corrected chi connectivity index (χ0v) is 15.0. The van der Waals surface area contributed by atoms with Crippen LogP contribution >= 0.6 is 15.9 Å². The third-order valence-corrected chi connectivity index (χ3v) is 4.65. The lowest BCUT2D eigenvalue weighted by Gasteiger charge is -2.36. The van der Waals surface area contributed by atoms with Crippen LogP contribution in [0.5, 0.6) is 0 Å². The second-order valence-corrected chi connectivity index (χ2v) is 6.77. The lowest BCUT2D eigenvalue weighted by atomic mass is 10.1. The van der Waals surface area contributed by atoms with Gasteiger partial charge in [0.1, 0.15) is 0 Å². The minimum Gasteiger partial charge on any atom is -0.326 e. The van der Waals surface area contributed by atoms with Gasteiger partial charge in [-0.1, -0.05) is 28.1 Å². The fraction of sp³-hybridized carbons (Fsp3) is 0.333. The standard InChI is InChI=1S/C18H21BrN4O/c19-15-4-1-5-16(11-15)22-18(24)6-9-23-10-8-21-13-17(23)14-3-2-7-20-12-14/h1-5,7,11-12,17,21H,6,8-10,13H2,(H,22,24).